The van der Waals surface area contributed by atoms with E-state index in [4.69, 9.17) is 0 Å². The molecule has 2 amide bonds. The molecule has 0 heterocycles. The fourth-order valence-electron chi connectivity index (χ4n) is 2.24. The van der Waals surface area contributed by atoms with Crippen LogP contribution in [0.15, 0.2) is 42.5 Å². The van der Waals surface area contributed by atoms with Gasteiger partial charge in [-0.2, -0.15) is 0 Å². The van der Waals surface area contributed by atoms with Gasteiger partial charge in [0.15, 0.2) is 0 Å². The molecule has 0 saturated carbocycles. The zero-order valence-electron chi connectivity index (χ0n) is 13.5. The maximum Gasteiger partial charge on any atom is 0.321 e. The molecule has 0 aromatic heterocycles. The zero-order chi connectivity index (χ0) is 17.0. The second-order valence-electron chi connectivity index (χ2n) is 5.74. The van der Waals surface area contributed by atoms with E-state index in [1.54, 1.807) is 38.2 Å². The summed E-state index contributed by atoms with van der Waals surface area (Å²) in [5.74, 6) is -0.236. The van der Waals surface area contributed by atoms with Gasteiger partial charge in [-0.05, 0) is 55.7 Å². The number of hydrogen-bond donors (Lipinski definition) is 2. The predicted octanol–water partition coefficient (Wildman–Crippen LogP) is 3.93. The fraction of sp³-hybridized carbons (Fsp3) is 0.278. The number of nitrogens with zero attached hydrogens (tertiary/aromatic N) is 1. The monoisotopic (exact) mass is 316 g/mol. The number of aromatic hydroxyl groups is 1. The number of hydrogen-bond acceptors (Lipinski definition) is 2. The molecule has 122 valence electrons. The van der Waals surface area contributed by atoms with Crippen molar-refractivity contribution in [3.05, 3.63) is 59.4 Å². The largest absolute Gasteiger partial charge is 0.508 e. The average Bonchev–Trinajstić information content (AvgIpc) is 2.51. The maximum absolute atomic E-state index is 13.8. The first kappa shape index (κ1) is 16.8. The molecule has 4 nitrogen and oxygen atoms in total. The topological polar surface area (TPSA) is 52.6 Å². The molecular weight excluding hydrogens is 295 g/mol. The molecule has 23 heavy (non-hydrogen) atoms. The summed E-state index contributed by atoms with van der Waals surface area (Å²) in [6.45, 7) is 3.71. The number of halogens is 1. The van der Waals surface area contributed by atoms with Gasteiger partial charge in [0.1, 0.15) is 11.6 Å². The van der Waals surface area contributed by atoms with Crippen molar-refractivity contribution in [3.8, 4) is 5.75 Å². The number of nitrogens with one attached hydrogen (secondary N) is 1. The Labute approximate surface area is 135 Å². The minimum absolute atomic E-state index is 0.0759. The third-order valence-electron chi connectivity index (χ3n) is 3.82. The molecule has 0 aliphatic rings. The standard InChI is InChI=1S/C18H21FN2O2/c1-12-4-9-17(16(19)10-12)20-18(23)21(3)13(2)11-14-5-7-15(22)8-6-14/h4-10,13,22H,11H2,1-3H3,(H,20,23). The second-order valence-corrected chi connectivity index (χ2v) is 5.74. The molecule has 5 heteroatoms. The number of carbonyl (C=O) groups excluding carboxylic acids is 1. The molecule has 0 aliphatic carbocycles. The van der Waals surface area contributed by atoms with Crippen molar-refractivity contribution in [1.29, 1.82) is 0 Å². The van der Waals surface area contributed by atoms with Crippen molar-refractivity contribution < 1.29 is 14.3 Å². The van der Waals surface area contributed by atoms with Crippen molar-refractivity contribution >= 4 is 11.7 Å². The lowest BCUT2D eigenvalue weighted by Crippen LogP contribution is -2.39. The van der Waals surface area contributed by atoms with Gasteiger partial charge in [-0.15, -0.1) is 0 Å². The fourth-order valence-corrected chi connectivity index (χ4v) is 2.24. The zero-order valence-corrected chi connectivity index (χ0v) is 13.5. The van der Waals surface area contributed by atoms with Crippen LogP contribution in [0.2, 0.25) is 0 Å². The van der Waals surface area contributed by atoms with E-state index in [9.17, 15) is 14.3 Å². The summed E-state index contributed by atoms with van der Waals surface area (Å²) in [5, 5.41) is 11.9. The molecule has 1 atom stereocenters. The highest BCUT2D eigenvalue weighted by Crippen LogP contribution is 2.17. The Bertz CT molecular complexity index is 686. The number of urea groups is 1. The number of anilines is 1. The van der Waals surface area contributed by atoms with Crippen LogP contribution in [0.25, 0.3) is 0 Å². The highest BCUT2D eigenvalue weighted by Gasteiger charge is 2.17. The minimum Gasteiger partial charge on any atom is -0.508 e. The van der Waals surface area contributed by atoms with Gasteiger partial charge >= 0.3 is 6.03 Å². The Balaban J connectivity index is 1.99. The molecule has 0 fully saturated rings. The lowest BCUT2D eigenvalue weighted by molar-refractivity contribution is 0.207. The van der Waals surface area contributed by atoms with Crippen LogP contribution in [0.4, 0.5) is 14.9 Å². The van der Waals surface area contributed by atoms with Crippen LogP contribution in [0, 0.1) is 12.7 Å². The van der Waals surface area contributed by atoms with Crippen LogP contribution in [0.5, 0.6) is 5.75 Å². The van der Waals surface area contributed by atoms with Gasteiger partial charge in [0.2, 0.25) is 0 Å². The van der Waals surface area contributed by atoms with Crippen LogP contribution < -0.4 is 5.32 Å². The van der Waals surface area contributed by atoms with Crippen LogP contribution in [0.3, 0.4) is 0 Å². The molecule has 2 rings (SSSR count). The van der Waals surface area contributed by atoms with E-state index in [2.05, 4.69) is 5.32 Å². The first-order valence-electron chi connectivity index (χ1n) is 7.44. The summed E-state index contributed by atoms with van der Waals surface area (Å²) in [4.78, 5) is 13.8. The summed E-state index contributed by atoms with van der Waals surface area (Å²) in [7, 11) is 1.67. The summed E-state index contributed by atoms with van der Waals surface area (Å²) in [5.41, 5.74) is 1.98. The summed E-state index contributed by atoms with van der Waals surface area (Å²) in [6.07, 6.45) is 0.639. The summed E-state index contributed by atoms with van der Waals surface area (Å²) < 4.78 is 13.8. The minimum atomic E-state index is -0.446. The normalized spacial score (nSPS) is 11.8. The number of aryl methyl sites for hydroxylation is 1. The van der Waals surface area contributed by atoms with Gasteiger partial charge in [0.25, 0.3) is 0 Å². The van der Waals surface area contributed by atoms with Gasteiger partial charge < -0.3 is 15.3 Å². The van der Waals surface area contributed by atoms with Gasteiger partial charge in [0.05, 0.1) is 5.69 Å². The van der Waals surface area contributed by atoms with Crippen LogP contribution in [0.1, 0.15) is 18.1 Å². The van der Waals surface area contributed by atoms with Crippen molar-refractivity contribution in [2.24, 2.45) is 0 Å². The van der Waals surface area contributed by atoms with Crippen LogP contribution >= 0.6 is 0 Å². The smallest absolute Gasteiger partial charge is 0.321 e. The third-order valence-corrected chi connectivity index (χ3v) is 3.82. The number of phenolic OH excluding ortho intramolecular Hbond substituents is 1. The van der Waals surface area contributed by atoms with Crippen molar-refractivity contribution in [3.63, 3.8) is 0 Å². The molecule has 2 aromatic carbocycles. The maximum atomic E-state index is 13.8. The number of rotatable bonds is 4. The Morgan fingerprint density at radius 1 is 1.26 bits per heavy atom. The van der Waals surface area contributed by atoms with Crippen molar-refractivity contribution in [2.75, 3.05) is 12.4 Å². The SMILES string of the molecule is Cc1ccc(NC(=O)N(C)C(C)Cc2ccc(O)cc2)c(F)c1. The van der Waals surface area contributed by atoms with Crippen LogP contribution in [-0.4, -0.2) is 29.1 Å². The van der Waals surface area contributed by atoms with E-state index in [0.29, 0.717) is 6.42 Å². The van der Waals surface area contributed by atoms with Gasteiger partial charge in [0, 0.05) is 13.1 Å². The number of carbonyl (C=O) groups is 1. The van der Waals surface area contributed by atoms with E-state index >= 15 is 0 Å². The lowest BCUT2D eigenvalue weighted by atomic mass is 10.1. The molecule has 0 spiro atoms. The Morgan fingerprint density at radius 2 is 1.91 bits per heavy atom. The molecule has 0 aliphatic heterocycles. The van der Waals surface area contributed by atoms with Crippen molar-refractivity contribution in [1.82, 2.24) is 4.90 Å². The molecular formula is C18H21FN2O2. The number of benzene rings is 2. The lowest BCUT2D eigenvalue weighted by Gasteiger charge is -2.25. The number of phenols is 1. The average molecular weight is 316 g/mol. The highest BCUT2D eigenvalue weighted by atomic mass is 19.1. The first-order valence-corrected chi connectivity index (χ1v) is 7.44. The molecule has 0 bridgehead atoms. The van der Waals surface area contributed by atoms with Gasteiger partial charge in [-0.3, -0.25) is 0 Å². The van der Waals surface area contributed by atoms with Crippen LogP contribution in [-0.2, 0) is 6.42 Å². The first-order chi connectivity index (χ1) is 10.9. The van der Waals surface area contributed by atoms with E-state index in [1.807, 2.05) is 19.1 Å². The molecule has 0 saturated heterocycles. The molecule has 2 aromatic rings. The predicted molar refractivity (Wildman–Crippen MR) is 89.2 cm³/mol. The van der Waals surface area contributed by atoms with Gasteiger partial charge in [-0.1, -0.05) is 18.2 Å². The Hall–Kier alpha value is -2.56. The highest BCUT2D eigenvalue weighted by molar-refractivity contribution is 5.89. The second kappa shape index (κ2) is 7.13. The Kier molecular flexibility index (Phi) is 5.21. The van der Waals surface area contributed by atoms with E-state index in [1.165, 1.54) is 11.0 Å². The number of amides is 2. The summed E-state index contributed by atoms with van der Waals surface area (Å²) in [6, 6.07) is 11.1. The number of likely N-dealkylation sites (N-methyl/N-ethyl adjacent to an activating group) is 1. The Morgan fingerprint density at radius 3 is 2.52 bits per heavy atom. The van der Waals surface area contributed by atoms with Gasteiger partial charge in [-0.25, -0.2) is 9.18 Å². The quantitative estimate of drug-likeness (QED) is 0.898. The molecule has 1 unspecified atom stereocenters. The third kappa shape index (κ3) is 4.45. The molecule has 2 N–H and O–H groups in total. The molecule has 0 radical (unpaired) electrons. The summed E-state index contributed by atoms with van der Waals surface area (Å²) >= 11 is 0. The van der Waals surface area contributed by atoms with E-state index < -0.39 is 5.82 Å². The van der Waals surface area contributed by atoms with E-state index in [-0.39, 0.29) is 23.5 Å². The van der Waals surface area contributed by atoms with Crippen molar-refractivity contribution in [2.45, 2.75) is 26.3 Å². The van der Waals surface area contributed by atoms with E-state index in [0.717, 1.165) is 11.1 Å².